The standard InChI is InChI=1S/C11H25N3O4S/c1-9(2)18-5-6-19(16,17)13-8-11(15)14(4)10(3)7-12/h9-10,13H,5-8,12H2,1-4H3. The average Bonchev–Trinajstić information content (AvgIpc) is 2.33. The molecule has 0 rings (SSSR count). The fourth-order valence-corrected chi connectivity index (χ4v) is 1.97. The van der Waals surface area contributed by atoms with Gasteiger partial charge in [0.15, 0.2) is 0 Å². The minimum atomic E-state index is -3.49. The van der Waals surface area contributed by atoms with Gasteiger partial charge < -0.3 is 15.4 Å². The number of nitrogens with zero attached hydrogens (tertiary/aromatic N) is 1. The van der Waals surface area contributed by atoms with Gasteiger partial charge >= 0.3 is 0 Å². The third-order valence-corrected chi connectivity index (χ3v) is 3.93. The van der Waals surface area contributed by atoms with Crippen LogP contribution < -0.4 is 10.5 Å². The molecule has 114 valence electrons. The Labute approximate surface area is 115 Å². The van der Waals surface area contributed by atoms with Gasteiger partial charge in [-0.1, -0.05) is 0 Å². The van der Waals surface area contributed by atoms with Crippen molar-refractivity contribution in [2.75, 3.05) is 32.5 Å². The van der Waals surface area contributed by atoms with Crippen molar-refractivity contribution in [1.29, 1.82) is 0 Å². The summed E-state index contributed by atoms with van der Waals surface area (Å²) >= 11 is 0. The molecule has 3 N–H and O–H groups in total. The van der Waals surface area contributed by atoms with E-state index in [1.807, 2.05) is 13.8 Å². The molecule has 0 bridgehead atoms. The molecule has 0 aromatic heterocycles. The molecule has 0 aliphatic heterocycles. The van der Waals surface area contributed by atoms with Gasteiger partial charge in [0.25, 0.3) is 0 Å². The molecule has 0 aliphatic rings. The highest BCUT2D eigenvalue weighted by Gasteiger charge is 2.17. The quantitative estimate of drug-likeness (QED) is 0.576. The number of nitrogens with two attached hydrogens (primary N) is 1. The summed E-state index contributed by atoms with van der Waals surface area (Å²) in [6, 6.07) is -0.124. The zero-order chi connectivity index (χ0) is 15.1. The molecule has 0 fully saturated rings. The number of ether oxygens (including phenoxy) is 1. The third-order valence-electron chi connectivity index (χ3n) is 2.64. The van der Waals surface area contributed by atoms with Crippen LogP contribution in [0.5, 0.6) is 0 Å². The molecule has 8 heteroatoms. The maximum atomic E-state index is 11.7. The van der Waals surface area contributed by atoms with E-state index in [1.165, 1.54) is 4.90 Å². The monoisotopic (exact) mass is 295 g/mol. The second-order valence-corrected chi connectivity index (χ2v) is 6.58. The zero-order valence-corrected chi connectivity index (χ0v) is 12.9. The van der Waals surface area contributed by atoms with E-state index in [2.05, 4.69) is 4.72 Å². The number of rotatable bonds is 9. The zero-order valence-electron chi connectivity index (χ0n) is 12.0. The Morgan fingerprint density at radius 3 is 2.42 bits per heavy atom. The minimum absolute atomic E-state index is 0.0200. The highest BCUT2D eigenvalue weighted by Crippen LogP contribution is 1.95. The summed E-state index contributed by atoms with van der Waals surface area (Å²) in [5.41, 5.74) is 5.44. The summed E-state index contributed by atoms with van der Waals surface area (Å²) in [5, 5.41) is 0. The molecule has 1 amide bonds. The number of likely N-dealkylation sites (N-methyl/N-ethyl adjacent to an activating group) is 1. The SMILES string of the molecule is CC(C)OCCS(=O)(=O)NCC(=O)N(C)C(C)CN. The van der Waals surface area contributed by atoms with E-state index in [0.717, 1.165) is 0 Å². The van der Waals surface area contributed by atoms with Crippen LogP contribution in [0.15, 0.2) is 0 Å². The van der Waals surface area contributed by atoms with Gasteiger partial charge in [0, 0.05) is 19.6 Å². The maximum absolute atomic E-state index is 11.7. The van der Waals surface area contributed by atoms with E-state index in [0.29, 0.717) is 6.54 Å². The van der Waals surface area contributed by atoms with Crippen LogP contribution in [0.1, 0.15) is 20.8 Å². The molecule has 0 saturated carbocycles. The second-order valence-electron chi connectivity index (χ2n) is 4.65. The normalized spacial score (nSPS) is 13.6. The lowest BCUT2D eigenvalue weighted by atomic mass is 10.3. The van der Waals surface area contributed by atoms with Crippen LogP contribution in [0, 0.1) is 0 Å². The smallest absolute Gasteiger partial charge is 0.237 e. The number of carbonyl (C=O) groups excluding carboxylic acids is 1. The molecule has 0 aromatic rings. The van der Waals surface area contributed by atoms with Gasteiger partial charge in [-0.3, -0.25) is 4.79 Å². The van der Waals surface area contributed by atoms with Crippen molar-refractivity contribution in [2.45, 2.75) is 32.9 Å². The summed E-state index contributed by atoms with van der Waals surface area (Å²) in [6.45, 7) is 5.63. The van der Waals surface area contributed by atoms with E-state index in [1.54, 1.807) is 14.0 Å². The first kappa shape index (κ1) is 18.3. The fourth-order valence-electron chi connectivity index (χ4n) is 1.17. The molecule has 0 heterocycles. The average molecular weight is 295 g/mol. The lowest BCUT2D eigenvalue weighted by molar-refractivity contribution is -0.130. The predicted octanol–water partition coefficient (Wildman–Crippen LogP) is -0.864. The fraction of sp³-hybridized carbons (Fsp3) is 0.909. The Hall–Kier alpha value is -0.700. The molecular weight excluding hydrogens is 270 g/mol. The van der Waals surface area contributed by atoms with Gasteiger partial charge in [-0.2, -0.15) is 0 Å². The Kier molecular flexibility index (Phi) is 8.15. The number of amides is 1. The van der Waals surface area contributed by atoms with Crippen molar-refractivity contribution in [3.05, 3.63) is 0 Å². The van der Waals surface area contributed by atoms with Crippen LogP contribution in [0.25, 0.3) is 0 Å². The van der Waals surface area contributed by atoms with E-state index in [4.69, 9.17) is 10.5 Å². The van der Waals surface area contributed by atoms with Gasteiger partial charge in [-0.05, 0) is 20.8 Å². The lowest BCUT2D eigenvalue weighted by Crippen LogP contribution is -2.45. The van der Waals surface area contributed by atoms with Crippen molar-refractivity contribution >= 4 is 15.9 Å². The number of hydrogen-bond donors (Lipinski definition) is 2. The van der Waals surface area contributed by atoms with Gasteiger partial charge in [0.05, 0.1) is 25.0 Å². The summed E-state index contributed by atoms with van der Waals surface area (Å²) in [6.07, 6.45) is -0.0200. The van der Waals surface area contributed by atoms with E-state index >= 15 is 0 Å². The molecule has 0 radical (unpaired) electrons. The lowest BCUT2D eigenvalue weighted by Gasteiger charge is -2.23. The van der Waals surface area contributed by atoms with E-state index < -0.39 is 10.0 Å². The summed E-state index contributed by atoms with van der Waals surface area (Å²) < 4.78 is 30.6. The van der Waals surface area contributed by atoms with Crippen molar-refractivity contribution in [2.24, 2.45) is 5.73 Å². The first-order chi connectivity index (χ1) is 8.69. The minimum Gasteiger partial charge on any atom is -0.378 e. The topological polar surface area (TPSA) is 102 Å². The molecule has 7 nitrogen and oxygen atoms in total. The van der Waals surface area contributed by atoms with E-state index in [9.17, 15) is 13.2 Å². The number of nitrogens with one attached hydrogen (secondary N) is 1. The maximum Gasteiger partial charge on any atom is 0.237 e. The summed E-state index contributed by atoms with van der Waals surface area (Å²) in [5.74, 6) is -0.472. The number of hydrogen-bond acceptors (Lipinski definition) is 5. The first-order valence-corrected chi connectivity index (χ1v) is 7.89. The number of sulfonamides is 1. The molecule has 0 spiro atoms. The highest BCUT2D eigenvalue weighted by molar-refractivity contribution is 7.89. The molecule has 0 saturated heterocycles. The van der Waals surface area contributed by atoms with Crippen LogP contribution in [-0.4, -0.2) is 63.9 Å². The molecule has 0 aromatic carbocycles. The second kappa shape index (κ2) is 8.47. The van der Waals surface area contributed by atoms with Crippen molar-refractivity contribution in [3.63, 3.8) is 0 Å². The molecule has 1 unspecified atom stereocenters. The Morgan fingerprint density at radius 1 is 1.37 bits per heavy atom. The molecule has 1 atom stereocenters. The Bertz CT molecular complexity index is 370. The largest absolute Gasteiger partial charge is 0.378 e. The van der Waals surface area contributed by atoms with E-state index in [-0.39, 0.29) is 37.0 Å². The van der Waals surface area contributed by atoms with Gasteiger partial charge in [-0.25, -0.2) is 13.1 Å². The van der Waals surface area contributed by atoms with Gasteiger partial charge in [-0.15, -0.1) is 0 Å². The van der Waals surface area contributed by atoms with Crippen molar-refractivity contribution in [3.8, 4) is 0 Å². The Morgan fingerprint density at radius 2 is 1.95 bits per heavy atom. The third kappa shape index (κ3) is 8.14. The summed E-state index contributed by atoms with van der Waals surface area (Å²) in [4.78, 5) is 13.1. The van der Waals surface area contributed by atoms with Crippen LogP contribution in [0.3, 0.4) is 0 Å². The van der Waals surface area contributed by atoms with Crippen LogP contribution in [0.2, 0.25) is 0 Å². The van der Waals surface area contributed by atoms with Gasteiger partial charge in [0.2, 0.25) is 15.9 Å². The predicted molar refractivity (Wildman–Crippen MR) is 74.2 cm³/mol. The van der Waals surface area contributed by atoms with Crippen LogP contribution >= 0.6 is 0 Å². The van der Waals surface area contributed by atoms with Gasteiger partial charge in [0.1, 0.15) is 0 Å². The van der Waals surface area contributed by atoms with Crippen molar-refractivity contribution in [1.82, 2.24) is 9.62 Å². The molecule has 0 aliphatic carbocycles. The molecule has 19 heavy (non-hydrogen) atoms. The Balaban J connectivity index is 4.13. The van der Waals surface area contributed by atoms with Crippen molar-refractivity contribution < 1.29 is 17.9 Å². The molecular formula is C11H25N3O4S. The van der Waals surface area contributed by atoms with Crippen LogP contribution in [0.4, 0.5) is 0 Å². The first-order valence-electron chi connectivity index (χ1n) is 6.24. The summed E-state index contributed by atoms with van der Waals surface area (Å²) in [7, 11) is -1.90. The number of carbonyl (C=O) groups is 1. The highest BCUT2D eigenvalue weighted by atomic mass is 32.2. The van der Waals surface area contributed by atoms with Crippen LogP contribution in [-0.2, 0) is 19.6 Å².